The van der Waals surface area contributed by atoms with Crippen LogP contribution in [0.3, 0.4) is 0 Å². The number of methoxy groups -OCH3 is 1. The van der Waals surface area contributed by atoms with Crippen molar-refractivity contribution in [3.8, 4) is 0 Å². The Labute approximate surface area is 122 Å². The Kier molecular flexibility index (Phi) is 5.81. The van der Waals surface area contributed by atoms with E-state index in [1.807, 2.05) is 6.92 Å². The van der Waals surface area contributed by atoms with Gasteiger partial charge in [-0.25, -0.2) is 13.6 Å². The molecule has 1 aromatic carbocycles. The predicted molar refractivity (Wildman–Crippen MR) is 73.5 cm³/mol. The van der Waals surface area contributed by atoms with Crippen molar-refractivity contribution in [2.24, 2.45) is 0 Å². The highest BCUT2D eigenvalue weighted by molar-refractivity contribution is 5.88. The van der Waals surface area contributed by atoms with E-state index in [1.54, 1.807) is 6.92 Å². The van der Waals surface area contributed by atoms with Gasteiger partial charge >= 0.3 is 5.97 Å². The molecule has 116 valence electrons. The number of halogens is 2. The summed E-state index contributed by atoms with van der Waals surface area (Å²) in [5.41, 5.74) is -1.24. The first-order valence-electron chi connectivity index (χ1n) is 6.66. The molecule has 0 bridgehead atoms. The van der Waals surface area contributed by atoms with E-state index in [2.05, 4.69) is 10.1 Å². The van der Waals surface area contributed by atoms with Crippen LogP contribution in [-0.2, 0) is 20.7 Å². The summed E-state index contributed by atoms with van der Waals surface area (Å²) < 4.78 is 31.3. The second-order valence-electron chi connectivity index (χ2n) is 5.01. The number of hydrogen-bond donors (Lipinski definition) is 1. The third-order valence-electron chi connectivity index (χ3n) is 3.18. The minimum atomic E-state index is -1.18. The fourth-order valence-electron chi connectivity index (χ4n) is 2.15. The molecular formula is C15H19F2NO3. The number of nitrogens with one attached hydrogen (secondary N) is 1. The molecule has 0 saturated heterocycles. The van der Waals surface area contributed by atoms with Crippen molar-refractivity contribution in [3.63, 3.8) is 0 Å². The highest BCUT2D eigenvalue weighted by Crippen LogP contribution is 2.16. The monoisotopic (exact) mass is 299 g/mol. The van der Waals surface area contributed by atoms with Gasteiger partial charge in [-0.3, -0.25) is 4.79 Å². The minimum absolute atomic E-state index is 0.0591. The molecular weight excluding hydrogens is 280 g/mol. The summed E-state index contributed by atoms with van der Waals surface area (Å²) in [5, 5.41) is 2.54. The molecule has 0 spiro atoms. The molecule has 1 atom stereocenters. The number of rotatable bonds is 6. The van der Waals surface area contributed by atoms with E-state index in [-0.39, 0.29) is 12.0 Å². The first-order chi connectivity index (χ1) is 9.84. The first-order valence-corrected chi connectivity index (χ1v) is 6.66. The van der Waals surface area contributed by atoms with Crippen LogP contribution in [0.2, 0.25) is 0 Å². The Morgan fingerprint density at radius 2 is 2.00 bits per heavy atom. The van der Waals surface area contributed by atoms with Crippen molar-refractivity contribution in [1.29, 1.82) is 0 Å². The van der Waals surface area contributed by atoms with Crippen molar-refractivity contribution < 1.29 is 23.1 Å². The van der Waals surface area contributed by atoms with Crippen LogP contribution >= 0.6 is 0 Å². The van der Waals surface area contributed by atoms with Crippen LogP contribution < -0.4 is 5.32 Å². The van der Waals surface area contributed by atoms with Gasteiger partial charge in [0, 0.05) is 5.56 Å². The smallest absolute Gasteiger partial charge is 0.331 e. The number of carbonyl (C=O) groups excluding carboxylic acids is 2. The van der Waals surface area contributed by atoms with Crippen molar-refractivity contribution >= 4 is 11.9 Å². The SMILES string of the molecule is CCCC(C)(NC(=O)Cc1cccc(F)c1F)C(=O)OC. The largest absolute Gasteiger partial charge is 0.467 e. The fraction of sp³-hybridized carbons (Fsp3) is 0.467. The van der Waals surface area contributed by atoms with Gasteiger partial charge in [0.2, 0.25) is 5.91 Å². The topological polar surface area (TPSA) is 55.4 Å². The van der Waals surface area contributed by atoms with E-state index >= 15 is 0 Å². The molecule has 0 aliphatic heterocycles. The molecule has 1 amide bonds. The van der Waals surface area contributed by atoms with Crippen molar-refractivity contribution in [1.82, 2.24) is 5.32 Å². The van der Waals surface area contributed by atoms with Crippen LogP contribution in [0.25, 0.3) is 0 Å². The Morgan fingerprint density at radius 3 is 2.57 bits per heavy atom. The van der Waals surface area contributed by atoms with Crippen LogP contribution in [-0.4, -0.2) is 24.5 Å². The van der Waals surface area contributed by atoms with Gasteiger partial charge in [0.25, 0.3) is 0 Å². The average Bonchev–Trinajstić information content (AvgIpc) is 2.43. The second-order valence-corrected chi connectivity index (χ2v) is 5.01. The van der Waals surface area contributed by atoms with Gasteiger partial charge in [-0.15, -0.1) is 0 Å². The summed E-state index contributed by atoms with van der Waals surface area (Å²) in [5.74, 6) is -3.20. The molecule has 1 unspecified atom stereocenters. The highest BCUT2D eigenvalue weighted by atomic mass is 19.2. The maximum atomic E-state index is 13.5. The molecule has 4 nitrogen and oxygen atoms in total. The van der Waals surface area contributed by atoms with E-state index in [9.17, 15) is 18.4 Å². The number of carbonyl (C=O) groups is 2. The molecule has 21 heavy (non-hydrogen) atoms. The molecule has 0 aliphatic carbocycles. The van der Waals surface area contributed by atoms with Gasteiger partial charge in [-0.05, 0) is 19.4 Å². The van der Waals surface area contributed by atoms with Gasteiger partial charge in [0.15, 0.2) is 11.6 Å². The zero-order valence-corrected chi connectivity index (χ0v) is 12.3. The number of amides is 1. The summed E-state index contributed by atoms with van der Waals surface area (Å²) in [6.07, 6.45) is 0.692. The van der Waals surface area contributed by atoms with Crippen LogP contribution in [0.15, 0.2) is 18.2 Å². The van der Waals surface area contributed by atoms with E-state index in [4.69, 9.17) is 0 Å². The van der Waals surface area contributed by atoms with Gasteiger partial charge < -0.3 is 10.1 Å². The van der Waals surface area contributed by atoms with Crippen molar-refractivity contribution in [2.45, 2.75) is 38.6 Å². The Hall–Kier alpha value is -1.98. The molecule has 0 fully saturated rings. The van der Waals surface area contributed by atoms with Crippen LogP contribution in [0.5, 0.6) is 0 Å². The van der Waals surface area contributed by atoms with Gasteiger partial charge in [-0.2, -0.15) is 0 Å². The Bertz CT molecular complexity index is 534. The normalized spacial score (nSPS) is 13.4. The quantitative estimate of drug-likeness (QED) is 0.820. The van der Waals surface area contributed by atoms with Gasteiger partial charge in [-0.1, -0.05) is 25.5 Å². The van der Waals surface area contributed by atoms with Gasteiger partial charge in [0.1, 0.15) is 5.54 Å². The summed E-state index contributed by atoms with van der Waals surface area (Å²) in [4.78, 5) is 23.7. The zero-order chi connectivity index (χ0) is 16.0. The van der Waals surface area contributed by atoms with Crippen molar-refractivity contribution in [2.75, 3.05) is 7.11 Å². The summed E-state index contributed by atoms with van der Waals surface area (Å²) in [6, 6.07) is 3.63. The highest BCUT2D eigenvalue weighted by Gasteiger charge is 2.35. The number of esters is 1. The second kappa shape index (κ2) is 7.15. The van der Waals surface area contributed by atoms with Crippen LogP contribution in [0.1, 0.15) is 32.3 Å². The Morgan fingerprint density at radius 1 is 1.33 bits per heavy atom. The lowest BCUT2D eigenvalue weighted by atomic mass is 9.95. The summed E-state index contributed by atoms with van der Waals surface area (Å²) in [6.45, 7) is 3.40. The average molecular weight is 299 g/mol. The molecule has 1 N–H and O–H groups in total. The molecule has 0 radical (unpaired) electrons. The fourth-order valence-corrected chi connectivity index (χ4v) is 2.15. The Balaban J connectivity index is 2.84. The van der Waals surface area contributed by atoms with E-state index in [0.717, 1.165) is 6.07 Å². The van der Waals surface area contributed by atoms with E-state index in [0.29, 0.717) is 12.8 Å². The lowest BCUT2D eigenvalue weighted by Gasteiger charge is -2.27. The zero-order valence-electron chi connectivity index (χ0n) is 12.3. The molecule has 0 aromatic heterocycles. The molecule has 1 rings (SSSR count). The third kappa shape index (κ3) is 4.24. The predicted octanol–water partition coefficient (Wildman–Crippen LogP) is 2.36. The van der Waals surface area contributed by atoms with Gasteiger partial charge in [0.05, 0.1) is 13.5 Å². The number of ether oxygens (including phenoxy) is 1. The standard InChI is InChI=1S/C15H19F2NO3/c1-4-8-15(2,14(20)21-3)18-12(19)9-10-6-5-7-11(16)13(10)17/h5-7H,4,8-9H2,1-3H3,(H,18,19). The van der Waals surface area contributed by atoms with Crippen molar-refractivity contribution in [3.05, 3.63) is 35.4 Å². The maximum absolute atomic E-state index is 13.5. The lowest BCUT2D eigenvalue weighted by Crippen LogP contribution is -2.53. The molecule has 1 aromatic rings. The van der Waals surface area contributed by atoms with E-state index in [1.165, 1.54) is 19.2 Å². The number of hydrogen-bond acceptors (Lipinski definition) is 3. The molecule has 0 heterocycles. The molecule has 6 heteroatoms. The first kappa shape index (κ1) is 17.1. The summed E-state index contributed by atoms with van der Waals surface area (Å²) >= 11 is 0. The number of benzene rings is 1. The molecule has 0 saturated carbocycles. The third-order valence-corrected chi connectivity index (χ3v) is 3.18. The minimum Gasteiger partial charge on any atom is -0.467 e. The lowest BCUT2D eigenvalue weighted by molar-refractivity contribution is -0.150. The molecule has 0 aliphatic rings. The van der Waals surface area contributed by atoms with E-state index < -0.39 is 29.0 Å². The maximum Gasteiger partial charge on any atom is 0.331 e. The van der Waals surface area contributed by atoms with Crippen LogP contribution in [0, 0.1) is 11.6 Å². The van der Waals surface area contributed by atoms with Crippen LogP contribution in [0.4, 0.5) is 8.78 Å². The summed E-state index contributed by atoms with van der Waals surface area (Å²) in [7, 11) is 1.23.